The number of hydrogen-bond donors (Lipinski definition) is 4. The van der Waals surface area contributed by atoms with E-state index < -0.39 is 37.4 Å². The van der Waals surface area contributed by atoms with Gasteiger partial charge in [0.2, 0.25) is 17.9 Å². The lowest BCUT2D eigenvalue weighted by atomic mass is 9.92. The molecule has 12 heteroatoms. The third kappa shape index (κ3) is 5.77. The molecule has 0 saturated carbocycles. The van der Waals surface area contributed by atoms with E-state index in [2.05, 4.69) is 5.32 Å². The summed E-state index contributed by atoms with van der Waals surface area (Å²) in [7, 11) is 2.86. The zero-order valence-electron chi connectivity index (χ0n) is 22.7. The third-order valence-corrected chi connectivity index (χ3v) is 8.06. The molecule has 2 aromatic rings. The van der Waals surface area contributed by atoms with Gasteiger partial charge in [0.1, 0.15) is 31.1 Å². The number of ether oxygens (including phenoxy) is 4. The molecule has 0 radical (unpaired) electrons. The average molecular weight is 580 g/mol. The molecule has 0 aromatic heterocycles. The fourth-order valence-corrected chi connectivity index (χ4v) is 5.69. The van der Waals surface area contributed by atoms with Crippen LogP contribution in [0.5, 0.6) is 17.2 Å². The second-order valence-electron chi connectivity index (χ2n) is 9.71. The summed E-state index contributed by atoms with van der Waals surface area (Å²) in [6, 6.07) is 6.91. The number of alkyl halides is 1. The van der Waals surface area contributed by atoms with E-state index in [1.807, 2.05) is 12.3 Å². The topological polar surface area (TPSA) is 144 Å². The van der Waals surface area contributed by atoms with Crippen molar-refractivity contribution < 1.29 is 43.5 Å². The normalized spacial score (nSPS) is 25.7. The molecule has 1 aliphatic heterocycles. The lowest BCUT2D eigenvalue weighted by Crippen LogP contribution is -2.59. The van der Waals surface area contributed by atoms with E-state index in [1.165, 1.54) is 32.9 Å². The molecule has 1 heterocycles. The van der Waals surface area contributed by atoms with Crippen LogP contribution in [0.4, 0.5) is 4.39 Å². The summed E-state index contributed by atoms with van der Waals surface area (Å²) in [6.07, 6.45) is -5.00. The summed E-state index contributed by atoms with van der Waals surface area (Å²) >= 11 is 1.33. The van der Waals surface area contributed by atoms with Crippen LogP contribution in [0.25, 0.3) is 11.1 Å². The van der Waals surface area contributed by atoms with Crippen LogP contribution in [0, 0.1) is 0 Å². The Morgan fingerprint density at radius 1 is 1.12 bits per heavy atom. The zero-order chi connectivity index (χ0) is 29.1. The highest BCUT2D eigenvalue weighted by Gasteiger charge is 2.45. The molecule has 4 N–H and O–H groups in total. The van der Waals surface area contributed by atoms with Crippen LogP contribution in [0.15, 0.2) is 34.0 Å². The van der Waals surface area contributed by atoms with Gasteiger partial charge in [-0.25, -0.2) is 4.39 Å². The molecule has 2 aliphatic rings. The maximum atomic E-state index is 13.5. The predicted molar refractivity (Wildman–Crippen MR) is 146 cm³/mol. The Morgan fingerprint density at radius 3 is 2.48 bits per heavy atom. The number of nitrogens with one attached hydrogen (secondary N) is 1. The molecule has 1 fully saturated rings. The van der Waals surface area contributed by atoms with Crippen LogP contribution < -0.4 is 25.0 Å². The molecule has 0 unspecified atom stereocenters. The van der Waals surface area contributed by atoms with Gasteiger partial charge in [-0.1, -0.05) is 6.07 Å². The number of fused-ring (bicyclic) bond motifs is 3. The number of aliphatic hydroxyl groups excluding tert-OH is 3. The Labute approximate surface area is 235 Å². The standard InChI is InChI=1S/C28H34FNO9S/c1-13(31)30-12-15-6-5-14-9-19(38-28-25(35)24(34)23(33)20(11-29)39-28)26(36-2)27(37-3)22(14)16-7-8-21(40-4)18(32)10-17(15)16/h7-10,15,20,23-25,28,33-35H,5-6,11-12H2,1-4H3,(H,30,31)/t15-,20-,23-,24+,25-,28-/m1/s1. The van der Waals surface area contributed by atoms with Gasteiger partial charge in [-0.2, -0.15) is 0 Å². The van der Waals surface area contributed by atoms with Crippen LogP contribution in [0.1, 0.15) is 30.4 Å². The van der Waals surface area contributed by atoms with Gasteiger partial charge in [0.05, 0.1) is 19.1 Å². The number of carbonyl (C=O) groups is 1. The number of benzene rings is 1. The van der Waals surface area contributed by atoms with Crippen LogP contribution in [-0.4, -0.2) is 85.6 Å². The van der Waals surface area contributed by atoms with Crippen molar-refractivity contribution in [2.45, 2.75) is 61.3 Å². The highest BCUT2D eigenvalue weighted by Crippen LogP contribution is 2.51. The van der Waals surface area contributed by atoms with Crippen LogP contribution in [0.2, 0.25) is 0 Å². The first-order chi connectivity index (χ1) is 19.1. The number of thioether (sulfide) groups is 1. The van der Waals surface area contributed by atoms with Crippen molar-refractivity contribution in [2.24, 2.45) is 0 Å². The number of hydrogen-bond acceptors (Lipinski definition) is 10. The first kappa shape index (κ1) is 30.1. The molecule has 0 bridgehead atoms. The summed E-state index contributed by atoms with van der Waals surface area (Å²) < 4.78 is 36.3. The highest BCUT2D eigenvalue weighted by atomic mass is 32.2. The Hall–Kier alpha value is -2.90. The van der Waals surface area contributed by atoms with E-state index in [0.717, 1.165) is 16.7 Å². The Kier molecular flexibility index (Phi) is 9.57. The number of rotatable bonds is 8. The highest BCUT2D eigenvalue weighted by molar-refractivity contribution is 7.98. The molecular weight excluding hydrogens is 545 g/mol. The van der Waals surface area contributed by atoms with Gasteiger partial charge in [-0.05, 0) is 54.0 Å². The van der Waals surface area contributed by atoms with Crippen molar-refractivity contribution >= 4 is 17.7 Å². The van der Waals surface area contributed by atoms with Crippen LogP contribution in [0.3, 0.4) is 0 Å². The average Bonchev–Trinajstić information content (AvgIpc) is 3.19. The monoisotopic (exact) mass is 579 g/mol. The van der Waals surface area contributed by atoms with Gasteiger partial charge in [0.25, 0.3) is 0 Å². The van der Waals surface area contributed by atoms with Crippen molar-refractivity contribution in [3.63, 3.8) is 0 Å². The van der Waals surface area contributed by atoms with E-state index in [4.69, 9.17) is 18.9 Å². The van der Waals surface area contributed by atoms with Gasteiger partial charge in [-0.3, -0.25) is 9.59 Å². The van der Waals surface area contributed by atoms with E-state index in [0.29, 0.717) is 35.6 Å². The first-order valence-electron chi connectivity index (χ1n) is 12.8. The van der Waals surface area contributed by atoms with Crippen molar-refractivity contribution in [3.8, 4) is 28.4 Å². The van der Waals surface area contributed by atoms with E-state index in [-0.39, 0.29) is 28.8 Å². The van der Waals surface area contributed by atoms with Crippen LogP contribution in [-0.2, 0) is 16.0 Å². The molecule has 1 saturated heterocycles. The summed E-state index contributed by atoms with van der Waals surface area (Å²) in [5.74, 6) is 0.190. The van der Waals surface area contributed by atoms with E-state index in [1.54, 1.807) is 18.2 Å². The summed E-state index contributed by atoms with van der Waals surface area (Å²) in [6.45, 7) is 0.660. The van der Waals surface area contributed by atoms with E-state index >= 15 is 0 Å². The maximum absolute atomic E-state index is 13.5. The number of carbonyl (C=O) groups excluding carboxylic acids is 1. The number of aryl methyl sites for hydroxylation is 1. The number of aliphatic hydroxyl groups is 3. The first-order valence-corrected chi connectivity index (χ1v) is 14.0. The van der Waals surface area contributed by atoms with Gasteiger partial charge in [0.15, 0.2) is 16.9 Å². The van der Waals surface area contributed by atoms with Crippen molar-refractivity contribution in [3.05, 3.63) is 45.6 Å². The predicted octanol–water partition coefficient (Wildman–Crippen LogP) is 1.77. The molecule has 10 nitrogen and oxygen atoms in total. The van der Waals surface area contributed by atoms with Crippen molar-refractivity contribution in [1.82, 2.24) is 5.32 Å². The Balaban J connectivity index is 1.87. The van der Waals surface area contributed by atoms with Gasteiger partial charge in [0, 0.05) is 24.9 Å². The van der Waals surface area contributed by atoms with E-state index in [9.17, 15) is 29.3 Å². The maximum Gasteiger partial charge on any atom is 0.229 e. The van der Waals surface area contributed by atoms with Gasteiger partial charge >= 0.3 is 0 Å². The number of halogens is 1. The molecule has 4 rings (SSSR count). The molecule has 6 atom stereocenters. The zero-order valence-corrected chi connectivity index (χ0v) is 23.5. The fourth-order valence-electron chi connectivity index (χ4n) is 5.23. The quantitative estimate of drug-likeness (QED) is 0.342. The minimum absolute atomic E-state index is 0.111. The molecular formula is C28H34FNO9S. The van der Waals surface area contributed by atoms with Crippen molar-refractivity contribution in [2.75, 3.05) is 33.7 Å². The lowest BCUT2D eigenvalue weighted by Gasteiger charge is -2.39. The molecule has 218 valence electrons. The summed E-state index contributed by atoms with van der Waals surface area (Å²) in [5, 5.41) is 33.6. The van der Waals surface area contributed by atoms with Gasteiger partial charge < -0.3 is 39.6 Å². The minimum Gasteiger partial charge on any atom is -0.492 e. The van der Waals surface area contributed by atoms with Crippen molar-refractivity contribution in [1.29, 1.82) is 0 Å². The number of methoxy groups -OCH3 is 2. The molecule has 2 aromatic carbocycles. The second kappa shape index (κ2) is 12.7. The fraction of sp³-hybridized carbons (Fsp3) is 0.500. The smallest absolute Gasteiger partial charge is 0.229 e. The minimum atomic E-state index is -1.69. The summed E-state index contributed by atoms with van der Waals surface area (Å²) in [5.41, 5.74) is 2.79. The van der Waals surface area contributed by atoms with Crippen LogP contribution >= 0.6 is 11.8 Å². The molecule has 0 spiro atoms. The second-order valence-corrected chi connectivity index (χ2v) is 10.6. The third-order valence-electron chi connectivity index (χ3n) is 7.29. The Bertz CT molecular complexity index is 1310. The molecule has 1 aliphatic carbocycles. The molecule has 40 heavy (non-hydrogen) atoms. The SMILES string of the molecule is COc1c(O[C@@H]2O[C@H](CF)[C@@H](O)[C@H](O)[C@H]2O)cc2c(c1OC)-c1ccc(SC)c(=O)cc1[C@@H](CNC(C)=O)CC2. The van der Waals surface area contributed by atoms with Gasteiger partial charge in [-0.15, -0.1) is 11.8 Å². The largest absolute Gasteiger partial charge is 0.492 e. The Morgan fingerprint density at radius 2 is 1.85 bits per heavy atom. The lowest BCUT2D eigenvalue weighted by molar-refractivity contribution is -0.274. The molecule has 1 amide bonds. The summed E-state index contributed by atoms with van der Waals surface area (Å²) in [4.78, 5) is 25.3. The number of amides is 1.